The van der Waals surface area contributed by atoms with Crippen molar-refractivity contribution in [1.29, 1.82) is 0 Å². The van der Waals surface area contributed by atoms with E-state index in [9.17, 15) is 4.79 Å². The minimum atomic E-state index is -0.812. The van der Waals surface area contributed by atoms with E-state index in [0.29, 0.717) is 10.9 Å². The Morgan fingerprint density at radius 1 is 1.53 bits per heavy atom. The van der Waals surface area contributed by atoms with Crippen LogP contribution in [-0.4, -0.2) is 29.1 Å². The van der Waals surface area contributed by atoms with Crippen molar-refractivity contribution in [2.24, 2.45) is 0 Å². The van der Waals surface area contributed by atoms with Gasteiger partial charge in [-0.3, -0.25) is 4.90 Å². The Labute approximate surface area is 106 Å². The van der Waals surface area contributed by atoms with E-state index < -0.39 is 5.97 Å². The summed E-state index contributed by atoms with van der Waals surface area (Å²) in [5.74, 6) is -0.812. The van der Waals surface area contributed by atoms with Crippen molar-refractivity contribution in [3.8, 4) is 0 Å². The van der Waals surface area contributed by atoms with Gasteiger partial charge in [-0.05, 0) is 38.4 Å². The lowest BCUT2D eigenvalue weighted by Gasteiger charge is -2.23. The van der Waals surface area contributed by atoms with E-state index in [2.05, 4.69) is 11.9 Å². The maximum Gasteiger partial charge on any atom is 0.345 e. The molecule has 0 atom stereocenters. The number of carboxylic acids is 1. The Bertz CT molecular complexity index is 408. The fourth-order valence-corrected chi connectivity index (χ4v) is 3.40. The molecule has 1 saturated carbocycles. The van der Waals surface area contributed by atoms with Crippen molar-refractivity contribution < 1.29 is 9.90 Å². The van der Waals surface area contributed by atoms with Gasteiger partial charge in [0.25, 0.3) is 0 Å². The fourth-order valence-electron chi connectivity index (χ4n) is 2.53. The summed E-state index contributed by atoms with van der Waals surface area (Å²) in [6.45, 7) is 2.88. The molecule has 1 aliphatic carbocycles. The van der Waals surface area contributed by atoms with Crippen LogP contribution in [0.15, 0.2) is 6.07 Å². The van der Waals surface area contributed by atoms with Gasteiger partial charge in [-0.15, -0.1) is 11.3 Å². The second-order valence-corrected chi connectivity index (χ2v) is 6.11. The normalized spacial score (nSPS) is 16.9. The largest absolute Gasteiger partial charge is 0.477 e. The maximum absolute atomic E-state index is 10.9. The molecule has 0 amide bonds. The number of carbonyl (C=O) groups is 1. The zero-order valence-corrected chi connectivity index (χ0v) is 11.2. The number of nitrogens with zero attached hydrogens (tertiary/aromatic N) is 1. The molecule has 1 aromatic rings. The van der Waals surface area contributed by atoms with Crippen LogP contribution in [0, 0.1) is 6.92 Å². The first-order valence-corrected chi connectivity index (χ1v) is 6.92. The van der Waals surface area contributed by atoms with Crippen LogP contribution in [0.3, 0.4) is 0 Å². The predicted octanol–water partition coefficient (Wildman–Crippen LogP) is 3.13. The van der Waals surface area contributed by atoms with Crippen LogP contribution in [0.5, 0.6) is 0 Å². The van der Waals surface area contributed by atoms with Gasteiger partial charge < -0.3 is 5.11 Å². The Morgan fingerprint density at radius 3 is 2.71 bits per heavy atom. The molecule has 1 aliphatic rings. The third kappa shape index (κ3) is 2.87. The van der Waals surface area contributed by atoms with Crippen LogP contribution in [0.2, 0.25) is 0 Å². The van der Waals surface area contributed by atoms with E-state index in [4.69, 9.17) is 5.11 Å². The van der Waals surface area contributed by atoms with Crippen LogP contribution in [-0.2, 0) is 6.54 Å². The molecule has 4 heteroatoms. The summed E-state index contributed by atoms with van der Waals surface area (Å²) in [6.07, 6.45) is 5.23. The smallest absolute Gasteiger partial charge is 0.345 e. The standard InChI is InChI=1S/C13H19NO2S/c1-9-10(7-12(17-9)13(15)16)8-14(2)11-5-3-4-6-11/h7,11H,3-6,8H2,1-2H3,(H,15,16). The average molecular weight is 253 g/mol. The van der Waals surface area contributed by atoms with E-state index in [1.54, 1.807) is 0 Å². The highest BCUT2D eigenvalue weighted by Crippen LogP contribution is 2.27. The van der Waals surface area contributed by atoms with Crippen LogP contribution in [0.4, 0.5) is 0 Å². The van der Waals surface area contributed by atoms with Gasteiger partial charge in [0.2, 0.25) is 0 Å². The molecule has 0 spiro atoms. The zero-order chi connectivity index (χ0) is 12.4. The molecule has 1 aromatic heterocycles. The van der Waals surface area contributed by atoms with Gasteiger partial charge in [-0.25, -0.2) is 4.79 Å². The van der Waals surface area contributed by atoms with Crippen molar-refractivity contribution in [1.82, 2.24) is 4.90 Å². The minimum Gasteiger partial charge on any atom is -0.477 e. The second-order valence-electron chi connectivity index (χ2n) is 4.85. The number of hydrogen-bond donors (Lipinski definition) is 1. The summed E-state index contributed by atoms with van der Waals surface area (Å²) < 4.78 is 0. The molecular weight excluding hydrogens is 234 g/mol. The lowest BCUT2D eigenvalue weighted by molar-refractivity contribution is 0.0702. The molecule has 0 aliphatic heterocycles. The third-order valence-electron chi connectivity index (χ3n) is 3.60. The second kappa shape index (κ2) is 5.19. The van der Waals surface area contributed by atoms with Crippen LogP contribution >= 0.6 is 11.3 Å². The third-order valence-corrected chi connectivity index (χ3v) is 4.68. The summed E-state index contributed by atoms with van der Waals surface area (Å²) >= 11 is 1.38. The van der Waals surface area contributed by atoms with E-state index >= 15 is 0 Å². The zero-order valence-electron chi connectivity index (χ0n) is 10.4. The van der Waals surface area contributed by atoms with Gasteiger partial charge in [0, 0.05) is 17.5 Å². The average Bonchev–Trinajstić information content (AvgIpc) is 2.88. The number of hydrogen-bond acceptors (Lipinski definition) is 3. The molecule has 1 heterocycles. The van der Waals surface area contributed by atoms with Crippen molar-refractivity contribution in [2.45, 2.75) is 45.2 Å². The number of rotatable bonds is 4. The van der Waals surface area contributed by atoms with Gasteiger partial charge in [-0.2, -0.15) is 0 Å². The minimum absolute atomic E-state index is 0.456. The Balaban J connectivity index is 2.04. The first kappa shape index (κ1) is 12.6. The summed E-state index contributed by atoms with van der Waals surface area (Å²) in [5, 5.41) is 8.97. The molecule has 0 unspecified atom stereocenters. The van der Waals surface area contributed by atoms with Gasteiger partial charge in [-0.1, -0.05) is 12.8 Å². The molecule has 0 bridgehead atoms. The van der Waals surface area contributed by atoms with Crippen LogP contribution in [0.25, 0.3) is 0 Å². The van der Waals surface area contributed by atoms with E-state index in [0.717, 1.165) is 11.4 Å². The Morgan fingerprint density at radius 2 is 2.18 bits per heavy atom. The highest BCUT2D eigenvalue weighted by atomic mass is 32.1. The number of thiophene rings is 1. The molecule has 3 nitrogen and oxygen atoms in total. The van der Waals surface area contributed by atoms with Gasteiger partial charge in [0.15, 0.2) is 0 Å². The summed E-state index contributed by atoms with van der Waals surface area (Å²) in [5.41, 5.74) is 1.17. The molecule has 0 aromatic carbocycles. The van der Waals surface area contributed by atoms with Crippen molar-refractivity contribution >= 4 is 17.3 Å². The SMILES string of the molecule is Cc1sc(C(=O)O)cc1CN(C)C1CCCC1. The quantitative estimate of drug-likeness (QED) is 0.896. The summed E-state index contributed by atoms with van der Waals surface area (Å²) in [4.78, 5) is 14.9. The van der Waals surface area contributed by atoms with Gasteiger partial charge >= 0.3 is 5.97 Å². The first-order chi connectivity index (χ1) is 8.08. The molecular formula is C13H19NO2S. The number of aromatic carboxylic acids is 1. The molecule has 1 fully saturated rings. The first-order valence-electron chi connectivity index (χ1n) is 6.11. The van der Waals surface area contributed by atoms with Crippen LogP contribution in [0.1, 0.15) is 45.8 Å². The van der Waals surface area contributed by atoms with Crippen molar-refractivity contribution in [3.05, 3.63) is 21.4 Å². The van der Waals surface area contributed by atoms with E-state index in [1.165, 1.54) is 42.6 Å². The topological polar surface area (TPSA) is 40.5 Å². The van der Waals surface area contributed by atoms with Crippen molar-refractivity contribution in [2.75, 3.05) is 7.05 Å². The van der Waals surface area contributed by atoms with Gasteiger partial charge in [0.1, 0.15) is 4.88 Å². The lowest BCUT2D eigenvalue weighted by atomic mass is 10.2. The molecule has 2 rings (SSSR count). The highest BCUT2D eigenvalue weighted by Gasteiger charge is 2.21. The maximum atomic E-state index is 10.9. The summed E-state index contributed by atoms with van der Waals surface area (Å²) in [7, 11) is 2.15. The number of carboxylic acid groups (broad SMARTS) is 1. The molecule has 1 N–H and O–H groups in total. The molecule has 17 heavy (non-hydrogen) atoms. The van der Waals surface area contributed by atoms with Crippen LogP contribution < -0.4 is 0 Å². The Hall–Kier alpha value is -0.870. The highest BCUT2D eigenvalue weighted by molar-refractivity contribution is 7.14. The molecule has 0 saturated heterocycles. The number of aryl methyl sites for hydroxylation is 1. The van der Waals surface area contributed by atoms with E-state index in [1.807, 2.05) is 13.0 Å². The van der Waals surface area contributed by atoms with E-state index in [-0.39, 0.29) is 0 Å². The fraction of sp³-hybridized carbons (Fsp3) is 0.615. The molecule has 94 valence electrons. The predicted molar refractivity (Wildman–Crippen MR) is 69.7 cm³/mol. The molecule has 0 radical (unpaired) electrons. The lowest BCUT2D eigenvalue weighted by Crippen LogP contribution is -2.28. The van der Waals surface area contributed by atoms with Crippen molar-refractivity contribution in [3.63, 3.8) is 0 Å². The Kier molecular flexibility index (Phi) is 3.84. The monoisotopic (exact) mass is 253 g/mol. The van der Waals surface area contributed by atoms with Gasteiger partial charge in [0.05, 0.1) is 0 Å². The summed E-state index contributed by atoms with van der Waals surface area (Å²) in [6, 6.07) is 2.51.